The third-order valence-electron chi connectivity index (χ3n) is 5.08. The number of fused-ring (bicyclic) bond motifs is 3. The highest BCUT2D eigenvalue weighted by molar-refractivity contribution is 7.99. The van der Waals surface area contributed by atoms with Crippen molar-refractivity contribution in [1.82, 2.24) is 9.55 Å². The fourth-order valence-corrected chi connectivity index (χ4v) is 5.89. The predicted octanol–water partition coefficient (Wildman–Crippen LogP) is 5.25. The van der Waals surface area contributed by atoms with Crippen molar-refractivity contribution < 1.29 is 4.74 Å². The monoisotopic (exact) mass is 412 g/mol. The van der Waals surface area contributed by atoms with Gasteiger partial charge in [-0.1, -0.05) is 30.8 Å². The zero-order valence-corrected chi connectivity index (χ0v) is 18.1. The molecule has 0 saturated carbocycles. The summed E-state index contributed by atoms with van der Waals surface area (Å²) >= 11 is 3.26. The third-order valence-corrected chi connectivity index (χ3v) is 7.39. The van der Waals surface area contributed by atoms with E-state index in [0.29, 0.717) is 5.92 Å². The normalized spacial score (nSPS) is 16.2. The van der Waals surface area contributed by atoms with Crippen LogP contribution < -0.4 is 10.3 Å². The van der Waals surface area contributed by atoms with Gasteiger partial charge in [0.1, 0.15) is 10.6 Å². The standard InChI is InChI=1S/C22H24N2O2S2/c1-13(2)12-27-22-23-20-19(17-10-5-14(3)11-18(17)28-20)21(25)24(22)15-6-8-16(26-4)9-7-15/h6-9,14H,1,5,10-12H2,2-4H3. The Labute approximate surface area is 173 Å². The number of thiophene rings is 1. The molecule has 0 fully saturated rings. The Bertz CT molecular complexity index is 1100. The van der Waals surface area contributed by atoms with Crippen LogP contribution in [0.3, 0.4) is 0 Å². The molecular weight excluding hydrogens is 388 g/mol. The molecule has 1 aliphatic carbocycles. The van der Waals surface area contributed by atoms with Crippen molar-refractivity contribution >= 4 is 33.3 Å². The van der Waals surface area contributed by atoms with E-state index < -0.39 is 0 Å². The summed E-state index contributed by atoms with van der Waals surface area (Å²) in [7, 11) is 1.64. The van der Waals surface area contributed by atoms with Crippen molar-refractivity contribution in [3.05, 3.63) is 57.2 Å². The fourth-order valence-electron chi connectivity index (χ4n) is 3.61. The van der Waals surface area contributed by atoms with Crippen LogP contribution in [0.5, 0.6) is 5.75 Å². The second-order valence-corrected chi connectivity index (χ2v) is 9.54. The minimum Gasteiger partial charge on any atom is -0.497 e. The second kappa shape index (κ2) is 7.76. The molecule has 2 aromatic heterocycles. The van der Waals surface area contributed by atoms with Gasteiger partial charge in [0, 0.05) is 10.6 Å². The Hall–Kier alpha value is -2.05. The van der Waals surface area contributed by atoms with Crippen LogP contribution in [-0.2, 0) is 12.8 Å². The number of benzene rings is 1. The molecule has 0 radical (unpaired) electrons. The fraction of sp³-hybridized carbons (Fsp3) is 0.364. The first-order valence-electron chi connectivity index (χ1n) is 9.47. The Morgan fingerprint density at radius 1 is 1.39 bits per heavy atom. The highest BCUT2D eigenvalue weighted by Gasteiger charge is 2.25. The Balaban J connectivity index is 1.93. The molecule has 1 unspecified atom stereocenters. The van der Waals surface area contributed by atoms with Gasteiger partial charge in [-0.2, -0.15) is 0 Å². The topological polar surface area (TPSA) is 44.1 Å². The minimum atomic E-state index is 0.0337. The lowest BCUT2D eigenvalue weighted by atomic mass is 9.89. The molecule has 4 nitrogen and oxygen atoms in total. The van der Waals surface area contributed by atoms with E-state index in [4.69, 9.17) is 9.72 Å². The summed E-state index contributed by atoms with van der Waals surface area (Å²) in [6.07, 6.45) is 3.15. The van der Waals surface area contributed by atoms with Gasteiger partial charge in [0.05, 0.1) is 18.2 Å². The van der Waals surface area contributed by atoms with Crippen LogP contribution >= 0.6 is 23.1 Å². The Morgan fingerprint density at radius 3 is 2.82 bits per heavy atom. The number of aromatic nitrogens is 2. The number of hydrogen-bond acceptors (Lipinski definition) is 5. The molecule has 146 valence electrons. The molecule has 0 amide bonds. The van der Waals surface area contributed by atoms with Crippen molar-refractivity contribution in [2.75, 3.05) is 12.9 Å². The summed E-state index contributed by atoms with van der Waals surface area (Å²) in [6, 6.07) is 7.59. The predicted molar refractivity (Wildman–Crippen MR) is 118 cm³/mol. The first kappa shape index (κ1) is 19.3. The van der Waals surface area contributed by atoms with Crippen LogP contribution in [0, 0.1) is 5.92 Å². The summed E-state index contributed by atoms with van der Waals surface area (Å²) < 4.78 is 7.02. The van der Waals surface area contributed by atoms with Crippen molar-refractivity contribution in [2.24, 2.45) is 5.92 Å². The van der Waals surface area contributed by atoms with E-state index in [-0.39, 0.29) is 5.56 Å². The van der Waals surface area contributed by atoms with Gasteiger partial charge in [0.25, 0.3) is 5.56 Å². The van der Waals surface area contributed by atoms with Crippen molar-refractivity contribution in [2.45, 2.75) is 38.3 Å². The number of aryl methyl sites for hydroxylation is 1. The smallest absolute Gasteiger partial charge is 0.267 e. The molecule has 3 aromatic rings. The molecule has 0 aliphatic heterocycles. The molecule has 1 aliphatic rings. The van der Waals surface area contributed by atoms with Crippen LogP contribution in [0.25, 0.3) is 15.9 Å². The first-order chi connectivity index (χ1) is 13.5. The maximum absolute atomic E-state index is 13.6. The molecule has 1 atom stereocenters. The van der Waals surface area contributed by atoms with Crippen molar-refractivity contribution in [1.29, 1.82) is 0 Å². The number of nitrogens with zero attached hydrogens (tertiary/aromatic N) is 2. The molecular formula is C22H24N2O2S2. The minimum absolute atomic E-state index is 0.0337. The Kier molecular flexibility index (Phi) is 5.34. The van der Waals surface area contributed by atoms with Crippen LogP contribution in [0.1, 0.15) is 30.7 Å². The molecule has 0 N–H and O–H groups in total. The van der Waals surface area contributed by atoms with Gasteiger partial charge < -0.3 is 4.74 Å². The maximum Gasteiger partial charge on any atom is 0.267 e. The second-order valence-electron chi connectivity index (χ2n) is 7.51. The molecule has 0 spiro atoms. The van der Waals surface area contributed by atoms with E-state index in [1.54, 1.807) is 34.8 Å². The summed E-state index contributed by atoms with van der Waals surface area (Å²) in [5, 5.41) is 1.53. The highest BCUT2D eigenvalue weighted by Crippen LogP contribution is 2.37. The van der Waals surface area contributed by atoms with E-state index in [1.807, 2.05) is 31.2 Å². The number of ether oxygens (including phenoxy) is 1. The SMILES string of the molecule is C=C(C)CSc1nc2sc3c(c2c(=O)n1-c1ccc(OC)cc1)CCC(C)C3. The van der Waals surface area contributed by atoms with E-state index in [1.165, 1.54) is 10.4 Å². The summed E-state index contributed by atoms with van der Waals surface area (Å²) in [4.78, 5) is 20.8. The van der Waals surface area contributed by atoms with Crippen LogP contribution in [0.4, 0.5) is 0 Å². The number of thioether (sulfide) groups is 1. The van der Waals surface area contributed by atoms with Gasteiger partial charge in [-0.05, 0) is 61.9 Å². The number of rotatable bonds is 5. The van der Waals surface area contributed by atoms with Crippen LogP contribution in [0.2, 0.25) is 0 Å². The quantitative estimate of drug-likeness (QED) is 0.326. The van der Waals surface area contributed by atoms with E-state index in [9.17, 15) is 4.79 Å². The van der Waals surface area contributed by atoms with Gasteiger partial charge in [-0.3, -0.25) is 9.36 Å². The zero-order valence-electron chi connectivity index (χ0n) is 16.4. The van der Waals surface area contributed by atoms with Crippen molar-refractivity contribution in [3.63, 3.8) is 0 Å². The molecule has 0 saturated heterocycles. The molecule has 2 heterocycles. The average Bonchev–Trinajstić information content (AvgIpc) is 3.04. The van der Waals surface area contributed by atoms with E-state index >= 15 is 0 Å². The third kappa shape index (κ3) is 3.51. The summed E-state index contributed by atoms with van der Waals surface area (Å²) in [6.45, 7) is 8.27. The molecule has 6 heteroatoms. The molecule has 1 aromatic carbocycles. The van der Waals surface area contributed by atoms with Gasteiger partial charge in [-0.25, -0.2) is 4.98 Å². The van der Waals surface area contributed by atoms with Crippen LogP contribution in [-0.4, -0.2) is 22.4 Å². The van der Waals surface area contributed by atoms with Crippen molar-refractivity contribution in [3.8, 4) is 11.4 Å². The Morgan fingerprint density at radius 2 is 2.14 bits per heavy atom. The van der Waals surface area contributed by atoms with Gasteiger partial charge in [-0.15, -0.1) is 11.3 Å². The number of methoxy groups -OCH3 is 1. The zero-order chi connectivity index (χ0) is 19.8. The van der Waals surface area contributed by atoms with Crippen LogP contribution in [0.15, 0.2) is 46.4 Å². The van der Waals surface area contributed by atoms with Gasteiger partial charge in [0.15, 0.2) is 5.16 Å². The lowest BCUT2D eigenvalue weighted by Crippen LogP contribution is -2.22. The maximum atomic E-state index is 13.6. The largest absolute Gasteiger partial charge is 0.497 e. The molecule has 4 rings (SSSR count). The van der Waals surface area contributed by atoms with E-state index in [2.05, 4.69) is 13.5 Å². The molecule has 28 heavy (non-hydrogen) atoms. The molecule has 0 bridgehead atoms. The first-order valence-corrected chi connectivity index (χ1v) is 11.3. The lowest BCUT2D eigenvalue weighted by molar-refractivity contribution is 0.414. The average molecular weight is 413 g/mol. The van der Waals surface area contributed by atoms with Gasteiger partial charge in [0.2, 0.25) is 0 Å². The summed E-state index contributed by atoms with van der Waals surface area (Å²) in [5.41, 5.74) is 3.12. The van der Waals surface area contributed by atoms with Gasteiger partial charge >= 0.3 is 0 Å². The lowest BCUT2D eigenvalue weighted by Gasteiger charge is -2.18. The summed E-state index contributed by atoms with van der Waals surface area (Å²) in [5.74, 6) is 2.17. The number of hydrogen-bond donors (Lipinski definition) is 0. The van der Waals surface area contributed by atoms with E-state index in [0.717, 1.165) is 57.4 Å². The highest BCUT2D eigenvalue weighted by atomic mass is 32.2.